The standard InChI is InChI=1S/C14H19BrClNOS/c1-13(2)6-14(7-18,9-19-8-13)17-10-3-4-12(16)11(15)5-10/h3-5,17-18H,6-9H2,1-2H3. The molecule has 1 atom stereocenters. The third kappa shape index (κ3) is 3.81. The van der Waals surface area contributed by atoms with Crippen LogP contribution in [0, 0.1) is 5.41 Å². The third-order valence-electron chi connectivity index (χ3n) is 3.32. The monoisotopic (exact) mass is 363 g/mol. The Morgan fingerprint density at radius 2 is 2.16 bits per heavy atom. The summed E-state index contributed by atoms with van der Waals surface area (Å²) in [6.45, 7) is 4.65. The van der Waals surface area contributed by atoms with Gasteiger partial charge in [0.1, 0.15) is 0 Å². The zero-order chi connectivity index (χ0) is 14.1. The van der Waals surface area contributed by atoms with Crippen molar-refractivity contribution < 1.29 is 5.11 Å². The van der Waals surface area contributed by atoms with Crippen molar-refractivity contribution in [3.8, 4) is 0 Å². The minimum atomic E-state index is -0.250. The van der Waals surface area contributed by atoms with Gasteiger partial charge < -0.3 is 10.4 Å². The van der Waals surface area contributed by atoms with Crippen LogP contribution in [0.3, 0.4) is 0 Å². The van der Waals surface area contributed by atoms with Crippen LogP contribution in [-0.2, 0) is 0 Å². The van der Waals surface area contributed by atoms with E-state index >= 15 is 0 Å². The quantitative estimate of drug-likeness (QED) is 0.833. The molecule has 5 heteroatoms. The molecule has 0 bridgehead atoms. The Bertz CT molecular complexity index is 469. The molecule has 0 saturated carbocycles. The molecule has 1 fully saturated rings. The summed E-state index contributed by atoms with van der Waals surface area (Å²) in [6.07, 6.45) is 0.962. The van der Waals surface area contributed by atoms with Gasteiger partial charge >= 0.3 is 0 Å². The molecule has 0 spiro atoms. The van der Waals surface area contributed by atoms with Gasteiger partial charge in [-0.05, 0) is 51.7 Å². The summed E-state index contributed by atoms with van der Waals surface area (Å²) in [7, 11) is 0. The van der Waals surface area contributed by atoms with Crippen molar-refractivity contribution in [2.24, 2.45) is 5.41 Å². The van der Waals surface area contributed by atoms with Crippen molar-refractivity contribution in [1.29, 1.82) is 0 Å². The van der Waals surface area contributed by atoms with Gasteiger partial charge in [0.2, 0.25) is 0 Å². The SMILES string of the molecule is CC1(C)CSCC(CO)(Nc2ccc(Cl)c(Br)c2)C1. The number of aliphatic hydroxyl groups excluding tert-OH is 1. The Morgan fingerprint density at radius 3 is 2.74 bits per heavy atom. The maximum Gasteiger partial charge on any atom is 0.0699 e. The molecule has 1 aromatic rings. The molecule has 1 aliphatic heterocycles. The van der Waals surface area contributed by atoms with E-state index in [0.29, 0.717) is 5.02 Å². The number of rotatable bonds is 3. The summed E-state index contributed by atoms with van der Waals surface area (Å²) >= 11 is 11.3. The number of halogens is 2. The van der Waals surface area contributed by atoms with Crippen molar-refractivity contribution in [2.45, 2.75) is 25.8 Å². The first kappa shape index (κ1) is 15.5. The van der Waals surface area contributed by atoms with Crippen LogP contribution in [0.4, 0.5) is 5.69 Å². The minimum absolute atomic E-state index is 0.143. The van der Waals surface area contributed by atoms with Crippen LogP contribution < -0.4 is 5.32 Å². The summed E-state index contributed by atoms with van der Waals surface area (Å²) in [5, 5.41) is 14.0. The Hall–Kier alpha value is 0.1000. The van der Waals surface area contributed by atoms with Crippen molar-refractivity contribution in [3.63, 3.8) is 0 Å². The first-order valence-electron chi connectivity index (χ1n) is 6.28. The predicted molar refractivity (Wildman–Crippen MR) is 88.3 cm³/mol. The first-order valence-corrected chi connectivity index (χ1v) is 8.60. The van der Waals surface area contributed by atoms with Gasteiger partial charge in [0.15, 0.2) is 0 Å². The molecule has 106 valence electrons. The van der Waals surface area contributed by atoms with Crippen LogP contribution in [0.5, 0.6) is 0 Å². The van der Waals surface area contributed by atoms with E-state index in [0.717, 1.165) is 28.1 Å². The zero-order valence-corrected chi connectivity index (χ0v) is 14.3. The molecule has 2 rings (SSSR count). The van der Waals surface area contributed by atoms with Gasteiger partial charge in [-0.3, -0.25) is 0 Å². The second kappa shape index (κ2) is 5.84. The van der Waals surface area contributed by atoms with Gasteiger partial charge in [0.05, 0.1) is 17.2 Å². The van der Waals surface area contributed by atoms with Crippen LogP contribution in [-0.4, -0.2) is 28.8 Å². The third-order valence-corrected chi connectivity index (χ3v) is 6.28. The molecule has 0 amide bonds. The molecule has 1 aromatic carbocycles. The number of benzene rings is 1. The number of aliphatic hydroxyl groups is 1. The van der Waals surface area contributed by atoms with Crippen LogP contribution in [0.25, 0.3) is 0 Å². The highest BCUT2D eigenvalue weighted by atomic mass is 79.9. The second-order valence-corrected chi connectivity index (χ2v) is 8.27. The minimum Gasteiger partial charge on any atom is -0.394 e. The summed E-state index contributed by atoms with van der Waals surface area (Å²) in [6, 6.07) is 5.78. The van der Waals surface area contributed by atoms with E-state index in [1.807, 2.05) is 30.0 Å². The molecule has 19 heavy (non-hydrogen) atoms. The lowest BCUT2D eigenvalue weighted by atomic mass is 9.80. The Morgan fingerprint density at radius 1 is 1.42 bits per heavy atom. The van der Waals surface area contributed by atoms with Gasteiger partial charge in [-0.1, -0.05) is 25.4 Å². The predicted octanol–water partition coefficient (Wildman–Crippen LogP) is 4.41. The number of thioether (sulfide) groups is 1. The van der Waals surface area contributed by atoms with Crippen LogP contribution >= 0.6 is 39.3 Å². The van der Waals surface area contributed by atoms with E-state index in [4.69, 9.17) is 11.6 Å². The van der Waals surface area contributed by atoms with Gasteiger partial charge in [-0.15, -0.1) is 0 Å². The molecule has 0 aromatic heterocycles. The Balaban J connectivity index is 2.20. The van der Waals surface area contributed by atoms with Crippen molar-refractivity contribution in [3.05, 3.63) is 27.7 Å². The summed E-state index contributed by atoms with van der Waals surface area (Å²) in [4.78, 5) is 0. The molecule has 1 aliphatic rings. The van der Waals surface area contributed by atoms with Crippen LogP contribution in [0.1, 0.15) is 20.3 Å². The highest BCUT2D eigenvalue weighted by Gasteiger charge is 2.40. The summed E-state index contributed by atoms with van der Waals surface area (Å²) < 4.78 is 0.870. The van der Waals surface area contributed by atoms with Crippen molar-refractivity contribution in [1.82, 2.24) is 0 Å². The van der Waals surface area contributed by atoms with Crippen LogP contribution in [0.2, 0.25) is 5.02 Å². The molecule has 2 nitrogen and oxygen atoms in total. The van der Waals surface area contributed by atoms with Crippen molar-refractivity contribution in [2.75, 3.05) is 23.4 Å². The smallest absolute Gasteiger partial charge is 0.0699 e. The average Bonchev–Trinajstić information content (AvgIpc) is 2.33. The molecule has 0 aliphatic carbocycles. The Labute approximate surface area is 132 Å². The van der Waals surface area contributed by atoms with E-state index in [2.05, 4.69) is 35.1 Å². The highest BCUT2D eigenvalue weighted by Crippen LogP contribution is 2.41. The van der Waals surface area contributed by atoms with Gasteiger partial charge in [0.25, 0.3) is 0 Å². The molecular weight excluding hydrogens is 346 g/mol. The maximum atomic E-state index is 9.85. The molecule has 2 N–H and O–H groups in total. The average molecular weight is 365 g/mol. The zero-order valence-electron chi connectivity index (χ0n) is 11.2. The number of nitrogens with one attached hydrogen (secondary N) is 1. The Kier molecular flexibility index (Phi) is 4.76. The van der Waals surface area contributed by atoms with E-state index < -0.39 is 0 Å². The number of hydrogen-bond donors (Lipinski definition) is 2. The van der Waals surface area contributed by atoms with Gasteiger partial charge in [-0.2, -0.15) is 11.8 Å². The summed E-state index contributed by atoms with van der Waals surface area (Å²) in [5.41, 5.74) is 0.978. The molecule has 1 heterocycles. The largest absolute Gasteiger partial charge is 0.394 e. The highest BCUT2D eigenvalue weighted by molar-refractivity contribution is 9.10. The van der Waals surface area contributed by atoms with E-state index in [9.17, 15) is 5.11 Å². The number of hydrogen-bond acceptors (Lipinski definition) is 3. The lowest BCUT2D eigenvalue weighted by molar-refractivity contribution is 0.174. The lowest BCUT2D eigenvalue weighted by Crippen LogP contribution is -2.51. The second-order valence-electron chi connectivity index (χ2n) is 6.03. The summed E-state index contributed by atoms with van der Waals surface area (Å²) in [5.74, 6) is 2.06. The maximum absolute atomic E-state index is 9.85. The first-order chi connectivity index (χ1) is 8.86. The molecular formula is C14H19BrClNOS. The molecule has 1 saturated heterocycles. The topological polar surface area (TPSA) is 32.3 Å². The van der Waals surface area contributed by atoms with E-state index in [1.54, 1.807) is 0 Å². The van der Waals surface area contributed by atoms with Crippen LogP contribution in [0.15, 0.2) is 22.7 Å². The normalized spacial score (nSPS) is 26.2. The molecule has 1 unspecified atom stereocenters. The fourth-order valence-electron chi connectivity index (χ4n) is 2.64. The lowest BCUT2D eigenvalue weighted by Gasteiger charge is -2.44. The number of anilines is 1. The van der Waals surface area contributed by atoms with E-state index in [1.165, 1.54) is 0 Å². The molecule has 0 radical (unpaired) electrons. The fraction of sp³-hybridized carbons (Fsp3) is 0.571. The van der Waals surface area contributed by atoms with Crippen molar-refractivity contribution >= 4 is 45.0 Å². The van der Waals surface area contributed by atoms with Gasteiger partial charge in [0, 0.05) is 15.9 Å². The fourth-order valence-corrected chi connectivity index (χ4v) is 4.55. The van der Waals surface area contributed by atoms with E-state index in [-0.39, 0.29) is 17.6 Å². The van der Waals surface area contributed by atoms with Gasteiger partial charge in [-0.25, -0.2) is 0 Å².